The molecule has 6 unspecified atom stereocenters. The summed E-state index contributed by atoms with van der Waals surface area (Å²) in [5.74, 6) is -3.18. The van der Waals surface area contributed by atoms with E-state index in [2.05, 4.69) is 10.6 Å². The van der Waals surface area contributed by atoms with Crippen molar-refractivity contribution >= 4 is 11.8 Å². The number of phenolic OH excluding ortho intramolecular Hbond substituents is 1. The minimum atomic E-state index is -1.68. The summed E-state index contributed by atoms with van der Waals surface area (Å²) in [7, 11) is 0. The van der Waals surface area contributed by atoms with Crippen LogP contribution in [0.5, 0.6) is 17.2 Å². The maximum Gasteiger partial charge on any atom is 0.255 e. The molecule has 2 aromatic rings. The third-order valence-corrected chi connectivity index (χ3v) is 6.17. The van der Waals surface area contributed by atoms with Crippen LogP contribution >= 0.6 is 0 Å². The highest BCUT2D eigenvalue weighted by molar-refractivity contribution is 6.02. The SMILES string of the molecule is O=C(NC1C(O)C(O)C(O)C2NC(=O)c3c(cc4c(c3O)OCO4)C12)c1ccc(F)cc1. The van der Waals surface area contributed by atoms with Crippen molar-refractivity contribution in [3.8, 4) is 17.2 Å². The van der Waals surface area contributed by atoms with E-state index in [0.29, 0.717) is 0 Å². The zero-order chi connectivity index (χ0) is 22.7. The lowest BCUT2D eigenvalue weighted by Crippen LogP contribution is -2.69. The average molecular weight is 446 g/mol. The molecule has 2 aromatic carbocycles. The number of carbonyl (C=O) groups excluding carboxylic acids is 2. The average Bonchev–Trinajstić information content (AvgIpc) is 3.24. The maximum absolute atomic E-state index is 13.2. The summed E-state index contributed by atoms with van der Waals surface area (Å²) >= 11 is 0. The number of fused-ring (bicyclic) bond motifs is 4. The van der Waals surface area contributed by atoms with Gasteiger partial charge in [-0.25, -0.2) is 4.39 Å². The number of aliphatic hydroxyl groups is 3. The second-order valence-electron chi connectivity index (χ2n) is 7.93. The molecule has 1 fully saturated rings. The van der Waals surface area contributed by atoms with Crippen molar-refractivity contribution in [2.75, 3.05) is 6.79 Å². The number of hydrogen-bond acceptors (Lipinski definition) is 8. The fraction of sp³-hybridized carbons (Fsp3) is 0.333. The van der Waals surface area contributed by atoms with Gasteiger partial charge < -0.3 is 40.5 Å². The number of benzene rings is 2. The predicted molar refractivity (Wildman–Crippen MR) is 104 cm³/mol. The monoisotopic (exact) mass is 446 g/mol. The molecule has 1 saturated carbocycles. The van der Waals surface area contributed by atoms with Crippen LogP contribution in [-0.2, 0) is 0 Å². The van der Waals surface area contributed by atoms with Gasteiger partial charge in [-0.2, -0.15) is 0 Å². The fourth-order valence-electron chi connectivity index (χ4n) is 4.62. The number of phenols is 1. The first-order chi connectivity index (χ1) is 15.3. The van der Waals surface area contributed by atoms with Gasteiger partial charge in [0.15, 0.2) is 11.5 Å². The standard InChI is InChI=1S/C21H19FN2O8/c22-8-3-1-7(2-4-8)20(29)23-13-11-9-5-10-19(32-6-31-10)15(25)12(9)21(30)24-14(11)17(27)18(28)16(13)26/h1-5,11,13-14,16-18,25-28H,6H2,(H,23,29)(H,24,30). The van der Waals surface area contributed by atoms with Crippen LogP contribution in [0.3, 0.4) is 0 Å². The Labute approximate surface area is 180 Å². The highest BCUT2D eigenvalue weighted by Gasteiger charge is 2.54. The predicted octanol–water partition coefficient (Wildman–Crippen LogP) is -0.649. The quantitative estimate of drug-likeness (QED) is 0.355. The molecule has 2 amide bonds. The molecule has 6 atom stereocenters. The van der Waals surface area contributed by atoms with E-state index in [0.717, 1.165) is 12.1 Å². The van der Waals surface area contributed by atoms with Crippen molar-refractivity contribution in [3.05, 3.63) is 52.8 Å². The normalized spacial score (nSPS) is 30.2. The van der Waals surface area contributed by atoms with Gasteiger partial charge in [-0.15, -0.1) is 0 Å². The van der Waals surface area contributed by atoms with Gasteiger partial charge in [-0.05, 0) is 35.9 Å². The molecular weight excluding hydrogens is 427 g/mol. The van der Waals surface area contributed by atoms with Crippen molar-refractivity contribution < 1.29 is 43.9 Å². The highest BCUT2D eigenvalue weighted by atomic mass is 19.1. The van der Waals surface area contributed by atoms with Crippen LogP contribution in [0.15, 0.2) is 30.3 Å². The number of hydrogen-bond donors (Lipinski definition) is 6. The van der Waals surface area contributed by atoms with E-state index >= 15 is 0 Å². The van der Waals surface area contributed by atoms with Crippen molar-refractivity contribution in [2.24, 2.45) is 0 Å². The Hall–Kier alpha value is -3.41. The second-order valence-corrected chi connectivity index (χ2v) is 7.93. The lowest BCUT2D eigenvalue weighted by atomic mass is 9.68. The molecule has 2 heterocycles. The third-order valence-electron chi connectivity index (χ3n) is 6.17. The summed E-state index contributed by atoms with van der Waals surface area (Å²) in [6.07, 6.45) is -4.86. The lowest BCUT2D eigenvalue weighted by molar-refractivity contribution is -0.117. The highest BCUT2D eigenvalue weighted by Crippen LogP contribution is 2.50. The number of aromatic hydroxyl groups is 1. The summed E-state index contributed by atoms with van der Waals surface area (Å²) in [6, 6.07) is 3.88. The van der Waals surface area contributed by atoms with Crippen LogP contribution < -0.4 is 20.1 Å². The van der Waals surface area contributed by atoms with E-state index in [1.54, 1.807) is 0 Å². The minimum Gasteiger partial charge on any atom is -0.504 e. The topological polar surface area (TPSA) is 158 Å². The molecule has 0 aromatic heterocycles. The first-order valence-electron chi connectivity index (χ1n) is 9.85. The largest absolute Gasteiger partial charge is 0.504 e. The lowest BCUT2D eigenvalue weighted by Gasteiger charge is -2.49. The van der Waals surface area contributed by atoms with Gasteiger partial charge in [0, 0.05) is 11.5 Å². The van der Waals surface area contributed by atoms with Gasteiger partial charge in [0.25, 0.3) is 11.8 Å². The summed E-state index contributed by atoms with van der Waals surface area (Å²) < 4.78 is 23.7. The summed E-state index contributed by atoms with van der Waals surface area (Å²) in [6.45, 7) is -0.170. The zero-order valence-corrected chi connectivity index (χ0v) is 16.4. The first kappa shape index (κ1) is 20.5. The Balaban J connectivity index is 1.59. The van der Waals surface area contributed by atoms with Crippen LogP contribution in [0.2, 0.25) is 0 Å². The van der Waals surface area contributed by atoms with Crippen LogP contribution in [0, 0.1) is 5.82 Å². The van der Waals surface area contributed by atoms with E-state index in [-0.39, 0.29) is 35.0 Å². The molecule has 168 valence electrons. The van der Waals surface area contributed by atoms with Gasteiger partial charge in [-0.3, -0.25) is 9.59 Å². The Morgan fingerprint density at radius 1 is 1.09 bits per heavy atom. The molecule has 0 bridgehead atoms. The maximum atomic E-state index is 13.2. The molecule has 32 heavy (non-hydrogen) atoms. The molecule has 11 heteroatoms. The molecule has 6 N–H and O–H groups in total. The van der Waals surface area contributed by atoms with Crippen LogP contribution in [0.1, 0.15) is 32.2 Å². The number of rotatable bonds is 2. The number of ether oxygens (including phenoxy) is 2. The van der Waals surface area contributed by atoms with Crippen LogP contribution in [0.4, 0.5) is 4.39 Å². The number of carbonyl (C=O) groups is 2. The fourth-order valence-corrected chi connectivity index (χ4v) is 4.62. The summed E-state index contributed by atoms with van der Waals surface area (Å²) in [4.78, 5) is 25.5. The molecule has 1 aliphatic carbocycles. The minimum absolute atomic E-state index is 0.0128. The summed E-state index contributed by atoms with van der Waals surface area (Å²) in [5.41, 5.74) is 0.159. The molecule has 5 rings (SSSR count). The second kappa shape index (κ2) is 7.33. The smallest absolute Gasteiger partial charge is 0.255 e. The molecule has 0 spiro atoms. The summed E-state index contributed by atoms with van der Waals surface area (Å²) in [5, 5.41) is 47.4. The van der Waals surface area contributed by atoms with Crippen molar-refractivity contribution in [3.63, 3.8) is 0 Å². The third kappa shape index (κ3) is 2.97. The van der Waals surface area contributed by atoms with Gasteiger partial charge in [0.2, 0.25) is 12.5 Å². The Morgan fingerprint density at radius 3 is 2.53 bits per heavy atom. The van der Waals surface area contributed by atoms with Crippen molar-refractivity contribution in [1.29, 1.82) is 0 Å². The van der Waals surface area contributed by atoms with Gasteiger partial charge >= 0.3 is 0 Å². The Morgan fingerprint density at radius 2 is 1.81 bits per heavy atom. The van der Waals surface area contributed by atoms with E-state index in [1.165, 1.54) is 18.2 Å². The molecule has 3 aliphatic rings. The molecule has 2 aliphatic heterocycles. The molecule has 0 radical (unpaired) electrons. The van der Waals surface area contributed by atoms with Gasteiger partial charge in [0.1, 0.15) is 24.1 Å². The zero-order valence-electron chi connectivity index (χ0n) is 16.4. The van der Waals surface area contributed by atoms with Crippen LogP contribution in [-0.4, -0.2) is 69.4 Å². The van der Waals surface area contributed by atoms with E-state index < -0.39 is 59.7 Å². The van der Waals surface area contributed by atoms with Gasteiger partial charge in [-0.1, -0.05) is 0 Å². The van der Waals surface area contributed by atoms with Crippen molar-refractivity contribution in [2.45, 2.75) is 36.3 Å². The van der Waals surface area contributed by atoms with E-state index in [9.17, 15) is 34.4 Å². The van der Waals surface area contributed by atoms with Crippen LogP contribution in [0.25, 0.3) is 0 Å². The molecule has 10 nitrogen and oxygen atoms in total. The number of amides is 2. The van der Waals surface area contributed by atoms with E-state index in [1.807, 2.05) is 0 Å². The molecule has 0 saturated heterocycles. The Bertz CT molecular complexity index is 1110. The number of aliphatic hydroxyl groups excluding tert-OH is 3. The first-order valence-corrected chi connectivity index (χ1v) is 9.85. The number of halogens is 1. The number of nitrogens with one attached hydrogen (secondary N) is 2. The van der Waals surface area contributed by atoms with E-state index in [4.69, 9.17) is 9.47 Å². The van der Waals surface area contributed by atoms with Gasteiger partial charge in [0.05, 0.1) is 17.6 Å². The molecular formula is C21H19FN2O8. The van der Waals surface area contributed by atoms with Crippen molar-refractivity contribution in [1.82, 2.24) is 10.6 Å². The Kier molecular flexibility index (Phi) is 4.69.